The molecule has 25 heavy (non-hydrogen) atoms. The van der Waals surface area contributed by atoms with Gasteiger partial charge < -0.3 is 19.0 Å². The van der Waals surface area contributed by atoms with Gasteiger partial charge in [-0.2, -0.15) is 0 Å². The molecule has 0 rings (SSSR count). The van der Waals surface area contributed by atoms with Crippen molar-refractivity contribution in [3.63, 3.8) is 0 Å². The maximum Gasteiger partial charge on any atom is 0.244 e. The molecule has 0 aromatic heterocycles. The van der Waals surface area contributed by atoms with Gasteiger partial charge in [-0.25, -0.2) is 0 Å². The molecule has 0 spiro atoms. The topological polar surface area (TPSA) is 70.8 Å². The Kier molecular flexibility index (Phi) is 7.90. The minimum absolute atomic E-state index is 0.442. The van der Waals surface area contributed by atoms with Gasteiger partial charge in [-0.1, -0.05) is 0 Å². The molecule has 0 heterocycles. The lowest BCUT2D eigenvalue weighted by molar-refractivity contribution is -0.181. The number of amides is 1. The molecule has 0 aliphatic carbocycles. The first-order valence-electron chi connectivity index (χ1n) is 8.79. The lowest BCUT2D eigenvalue weighted by Crippen LogP contribution is -2.65. The standard InChI is InChI=1S/C16H39NO4Si4/c1-13(14(17)18)12-16(22,21-25(9,10)11)15(2,19-23(3,4)5)20-24(6,7)8/h12H,1-11,22H3,(H2,17,18). The predicted octanol–water partition coefficient (Wildman–Crippen LogP) is 2.75. The van der Waals surface area contributed by atoms with Crippen molar-refractivity contribution in [1.29, 1.82) is 0 Å². The smallest absolute Gasteiger partial charge is 0.244 e. The predicted molar refractivity (Wildman–Crippen MR) is 117 cm³/mol. The highest BCUT2D eigenvalue weighted by atomic mass is 28.4. The highest BCUT2D eigenvalue weighted by Gasteiger charge is 2.52. The number of carbonyl (C=O) groups excluding carboxylic acids is 1. The van der Waals surface area contributed by atoms with Crippen LogP contribution in [0, 0.1) is 0 Å². The summed E-state index contributed by atoms with van der Waals surface area (Å²) in [6.07, 6.45) is 1.85. The van der Waals surface area contributed by atoms with Crippen LogP contribution >= 0.6 is 0 Å². The van der Waals surface area contributed by atoms with E-state index in [1.54, 1.807) is 6.92 Å². The van der Waals surface area contributed by atoms with E-state index >= 15 is 0 Å². The Labute approximate surface area is 160 Å². The van der Waals surface area contributed by atoms with E-state index in [-0.39, 0.29) is 0 Å². The first-order valence-corrected chi connectivity index (χ1v) is 20.0. The zero-order valence-electron chi connectivity index (χ0n) is 18.3. The largest absolute Gasteiger partial charge is 0.407 e. The molecule has 0 saturated heterocycles. The van der Waals surface area contributed by atoms with Crippen LogP contribution in [0.4, 0.5) is 0 Å². The van der Waals surface area contributed by atoms with Gasteiger partial charge in [0.25, 0.3) is 0 Å². The second kappa shape index (κ2) is 7.91. The van der Waals surface area contributed by atoms with Crippen LogP contribution in [0.1, 0.15) is 13.8 Å². The van der Waals surface area contributed by atoms with E-state index in [0.717, 1.165) is 0 Å². The highest BCUT2D eigenvalue weighted by Crippen LogP contribution is 2.38. The molecule has 9 heteroatoms. The monoisotopic (exact) mass is 421 g/mol. The second-order valence-corrected chi connectivity index (χ2v) is 24.7. The number of primary amides is 1. The fourth-order valence-electron chi connectivity index (χ4n) is 2.77. The van der Waals surface area contributed by atoms with Gasteiger partial charge in [0.15, 0.2) is 30.7 Å². The van der Waals surface area contributed by atoms with Gasteiger partial charge in [0.05, 0.1) is 10.2 Å². The normalized spacial score (nSPS) is 17.5. The number of nitrogens with two attached hydrogens (primary N) is 1. The maximum atomic E-state index is 11.7. The Bertz CT molecular complexity index is 502. The van der Waals surface area contributed by atoms with Crippen molar-refractivity contribution in [1.82, 2.24) is 0 Å². The Morgan fingerprint density at radius 2 is 1.20 bits per heavy atom. The molecule has 1 unspecified atom stereocenters. The molecule has 0 aliphatic heterocycles. The van der Waals surface area contributed by atoms with Crippen LogP contribution < -0.4 is 5.73 Å². The first kappa shape index (κ1) is 25.0. The van der Waals surface area contributed by atoms with Crippen molar-refractivity contribution in [2.75, 3.05) is 0 Å². The highest BCUT2D eigenvalue weighted by molar-refractivity contribution is 6.71. The van der Waals surface area contributed by atoms with Crippen LogP contribution in [0.5, 0.6) is 0 Å². The van der Waals surface area contributed by atoms with Gasteiger partial charge in [-0.3, -0.25) is 4.79 Å². The summed E-state index contributed by atoms with van der Waals surface area (Å²) >= 11 is 0. The van der Waals surface area contributed by atoms with Crippen LogP contribution in [-0.4, -0.2) is 52.1 Å². The molecule has 0 aliphatic rings. The van der Waals surface area contributed by atoms with Gasteiger partial charge in [-0.05, 0) is 78.8 Å². The summed E-state index contributed by atoms with van der Waals surface area (Å²) in [4.78, 5) is 11.7. The molecule has 5 nitrogen and oxygen atoms in total. The third kappa shape index (κ3) is 8.93. The van der Waals surface area contributed by atoms with Crippen molar-refractivity contribution >= 4 is 41.1 Å². The van der Waals surface area contributed by atoms with Crippen LogP contribution in [0.3, 0.4) is 0 Å². The molecule has 148 valence electrons. The van der Waals surface area contributed by atoms with Crippen molar-refractivity contribution < 1.29 is 18.1 Å². The summed E-state index contributed by atoms with van der Waals surface area (Å²) in [6, 6.07) is 0. The van der Waals surface area contributed by atoms with Gasteiger partial charge in [0, 0.05) is 5.57 Å². The lowest BCUT2D eigenvalue weighted by atomic mass is 10.1. The fourth-order valence-corrected chi connectivity index (χ4v) is 10.1. The fraction of sp³-hybridized carbons (Fsp3) is 0.812. The van der Waals surface area contributed by atoms with Gasteiger partial charge in [-0.15, -0.1) is 0 Å². The number of carbonyl (C=O) groups is 1. The third-order valence-electron chi connectivity index (χ3n) is 3.30. The van der Waals surface area contributed by atoms with Crippen LogP contribution in [0.2, 0.25) is 58.9 Å². The van der Waals surface area contributed by atoms with Crippen LogP contribution in [0.15, 0.2) is 11.6 Å². The van der Waals surface area contributed by atoms with Crippen molar-refractivity contribution in [3.8, 4) is 0 Å². The van der Waals surface area contributed by atoms with E-state index in [0.29, 0.717) is 15.8 Å². The Morgan fingerprint density at radius 3 is 1.44 bits per heavy atom. The second-order valence-electron chi connectivity index (χ2n) is 9.89. The molecule has 1 atom stereocenters. The van der Waals surface area contributed by atoms with E-state index in [1.807, 2.05) is 13.0 Å². The third-order valence-corrected chi connectivity index (χ3v) is 8.15. The zero-order chi connectivity index (χ0) is 20.5. The average Bonchev–Trinajstić information content (AvgIpc) is 2.19. The molecule has 0 radical (unpaired) electrons. The number of rotatable bonds is 9. The summed E-state index contributed by atoms with van der Waals surface area (Å²) in [7, 11) is -5.23. The molecule has 0 bridgehead atoms. The Morgan fingerprint density at radius 1 is 0.880 bits per heavy atom. The first-order chi connectivity index (χ1) is 10.7. The summed E-state index contributed by atoms with van der Waals surface area (Å²) in [5.74, 6) is -1.38. The van der Waals surface area contributed by atoms with Crippen molar-refractivity contribution in [3.05, 3.63) is 11.6 Å². The van der Waals surface area contributed by atoms with Crippen LogP contribution in [-0.2, 0) is 18.1 Å². The zero-order valence-corrected chi connectivity index (χ0v) is 23.3. The number of hydrogen-bond acceptors (Lipinski definition) is 4. The SMILES string of the molecule is CC(=CC([SiH3])(O[Si](C)(C)C)C(C)(O[Si](C)(C)C)O[Si](C)(C)C)C(N)=O. The molecule has 0 fully saturated rings. The molecule has 0 aromatic rings. The van der Waals surface area contributed by atoms with Crippen LogP contribution in [0.25, 0.3) is 0 Å². The molecule has 2 N–H and O–H groups in total. The van der Waals surface area contributed by atoms with E-state index in [1.165, 1.54) is 0 Å². The van der Waals surface area contributed by atoms with Gasteiger partial charge in [0.1, 0.15) is 5.22 Å². The minimum atomic E-state index is -1.95. The molecular weight excluding hydrogens is 383 g/mol. The molecule has 0 saturated carbocycles. The van der Waals surface area contributed by atoms with E-state index in [9.17, 15) is 4.79 Å². The summed E-state index contributed by atoms with van der Waals surface area (Å²) in [5.41, 5.74) is 5.99. The Balaban J connectivity index is 6.42. The average molecular weight is 422 g/mol. The summed E-state index contributed by atoms with van der Waals surface area (Å²) < 4.78 is 19.8. The molecule has 1 amide bonds. The Hall–Kier alpha value is -0.0425. The quantitative estimate of drug-likeness (QED) is 0.353. The van der Waals surface area contributed by atoms with E-state index in [2.05, 4.69) is 58.9 Å². The van der Waals surface area contributed by atoms with E-state index in [4.69, 9.17) is 19.0 Å². The van der Waals surface area contributed by atoms with Gasteiger partial charge >= 0.3 is 0 Å². The molecular formula is C16H39NO4Si4. The maximum absolute atomic E-state index is 11.7. The molecule has 0 aromatic carbocycles. The summed E-state index contributed by atoms with van der Waals surface area (Å²) in [5, 5.41) is -0.781. The summed E-state index contributed by atoms with van der Waals surface area (Å²) in [6.45, 7) is 22.9. The van der Waals surface area contributed by atoms with E-state index < -0.39 is 41.9 Å². The minimum Gasteiger partial charge on any atom is -0.407 e. The van der Waals surface area contributed by atoms with Crippen molar-refractivity contribution in [2.24, 2.45) is 5.73 Å². The lowest BCUT2D eigenvalue weighted by Gasteiger charge is -2.52. The number of hydrogen-bond donors (Lipinski definition) is 1. The van der Waals surface area contributed by atoms with Gasteiger partial charge in [0.2, 0.25) is 5.91 Å². The van der Waals surface area contributed by atoms with Crippen molar-refractivity contribution in [2.45, 2.75) is 83.8 Å².